The topological polar surface area (TPSA) is 75.9 Å². The van der Waals surface area contributed by atoms with E-state index in [2.05, 4.69) is 10.4 Å². The number of hydrogen-bond acceptors (Lipinski definition) is 5. The van der Waals surface area contributed by atoms with E-state index in [-0.39, 0.29) is 5.91 Å². The Morgan fingerprint density at radius 1 is 1.12 bits per heavy atom. The number of carbonyl (C=O) groups is 1. The van der Waals surface area contributed by atoms with Gasteiger partial charge in [-0.15, -0.1) is 0 Å². The summed E-state index contributed by atoms with van der Waals surface area (Å²) in [5.41, 5.74) is 4.69. The number of amides is 1. The molecule has 7 nitrogen and oxygen atoms in total. The highest BCUT2D eigenvalue weighted by Gasteiger charge is 2.21. The molecule has 0 saturated heterocycles. The normalized spacial score (nSPS) is 11.2. The van der Waals surface area contributed by atoms with Gasteiger partial charge in [0.1, 0.15) is 5.69 Å². The van der Waals surface area contributed by atoms with Gasteiger partial charge in [-0.1, -0.05) is 23.2 Å². The molecule has 176 valence electrons. The van der Waals surface area contributed by atoms with Gasteiger partial charge in [0.25, 0.3) is 5.91 Å². The molecule has 0 fully saturated rings. The standard InChI is InChI=1S/C25H26Cl2N6O/c1-5-33-15(2)18(13-29-33)14-32(4)25(34)23-21-11-19(26)6-7-22(21)30-24(31-23)17-8-16(12-28-3)9-20(27)10-17/h6-11,13,28H,5,12,14H2,1-4H3. The lowest BCUT2D eigenvalue weighted by molar-refractivity contribution is 0.0781. The van der Waals surface area contributed by atoms with Crippen molar-refractivity contribution in [2.24, 2.45) is 0 Å². The molecule has 4 aromatic rings. The molecular formula is C25H26Cl2N6O. The van der Waals surface area contributed by atoms with Crippen LogP contribution < -0.4 is 5.32 Å². The van der Waals surface area contributed by atoms with E-state index in [4.69, 9.17) is 33.2 Å². The number of aryl methyl sites for hydroxylation is 1. The monoisotopic (exact) mass is 496 g/mol. The molecule has 0 atom stereocenters. The first-order valence-corrected chi connectivity index (χ1v) is 11.7. The van der Waals surface area contributed by atoms with Crippen LogP contribution >= 0.6 is 23.2 Å². The second kappa shape index (κ2) is 10.1. The smallest absolute Gasteiger partial charge is 0.273 e. The van der Waals surface area contributed by atoms with Crippen molar-refractivity contribution in [3.63, 3.8) is 0 Å². The van der Waals surface area contributed by atoms with Crippen molar-refractivity contribution in [2.75, 3.05) is 14.1 Å². The zero-order valence-corrected chi connectivity index (χ0v) is 21.1. The fraction of sp³-hybridized carbons (Fsp3) is 0.280. The van der Waals surface area contributed by atoms with Crippen LogP contribution in [0, 0.1) is 6.92 Å². The number of fused-ring (bicyclic) bond motifs is 1. The van der Waals surface area contributed by atoms with Crippen LogP contribution in [0.25, 0.3) is 22.3 Å². The van der Waals surface area contributed by atoms with Gasteiger partial charge in [-0.25, -0.2) is 9.97 Å². The maximum absolute atomic E-state index is 13.6. The lowest BCUT2D eigenvalue weighted by Gasteiger charge is -2.18. The van der Waals surface area contributed by atoms with Crippen molar-refractivity contribution in [1.29, 1.82) is 0 Å². The lowest BCUT2D eigenvalue weighted by Crippen LogP contribution is -2.27. The Morgan fingerprint density at radius 3 is 2.62 bits per heavy atom. The number of carbonyl (C=O) groups excluding carboxylic acids is 1. The van der Waals surface area contributed by atoms with Crippen LogP contribution in [-0.2, 0) is 19.6 Å². The van der Waals surface area contributed by atoms with Crippen molar-refractivity contribution >= 4 is 40.0 Å². The summed E-state index contributed by atoms with van der Waals surface area (Å²) in [6.45, 7) is 5.88. The van der Waals surface area contributed by atoms with E-state index in [9.17, 15) is 4.79 Å². The average molecular weight is 497 g/mol. The Labute approximate surface area is 208 Å². The molecule has 0 saturated carbocycles. The van der Waals surface area contributed by atoms with Crippen LogP contribution in [0.3, 0.4) is 0 Å². The number of benzene rings is 2. The maximum atomic E-state index is 13.6. The van der Waals surface area contributed by atoms with E-state index < -0.39 is 0 Å². The second-order valence-electron chi connectivity index (χ2n) is 8.17. The van der Waals surface area contributed by atoms with Crippen LogP contribution in [0.1, 0.15) is 34.2 Å². The van der Waals surface area contributed by atoms with Crippen LogP contribution in [0.5, 0.6) is 0 Å². The Kier molecular flexibility index (Phi) is 7.16. The van der Waals surface area contributed by atoms with Gasteiger partial charge < -0.3 is 10.2 Å². The summed E-state index contributed by atoms with van der Waals surface area (Å²) in [4.78, 5) is 24.7. The minimum atomic E-state index is -0.225. The van der Waals surface area contributed by atoms with Crippen LogP contribution in [-0.4, -0.2) is 44.7 Å². The highest BCUT2D eigenvalue weighted by atomic mass is 35.5. The molecule has 1 N–H and O–H groups in total. The first kappa shape index (κ1) is 24.1. The number of rotatable bonds is 7. The van der Waals surface area contributed by atoms with Crippen LogP contribution in [0.15, 0.2) is 42.6 Å². The highest BCUT2D eigenvalue weighted by Crippen LogP contribution is 2.28. The van der Waals surface area contributed by atoms with Crippen molar-refractivity contribution < 1.29 is 4.79 Å². The number of nitrogens with one attached hydrogen (secondary N) is 1. The Balaban J connectivity index is 1.78. The minimum absolute atomic E-state index is 0.225. The molecule has 0 spiro atoms. The molecule has 0 unspecified atom stereocenters. The van der Waals surface area contributed by atoms with Crippen molar-refractivity contribution in [3.8, 4) is 11.4 Å². The van der Waals surface area contributed by atoms with Gasteiger partial charge in [-0.3, -0.25) is 9.48 Å². The molecule has 2 aromatic carbocycles. The molecule has 0 aliphatic heterocycles. The van der Waals surface area contributed by atoms with Crippen molar-refractivity contribution in [3.05, 3.63) is 75.2 Å². The third-order valence-electron chi connectivity index (χ3n) is 5.72. The first-order valence-electron chi connectivity index (χ1n) is 11.0. The molecule has 0 aliphatic carbocycles. The zero-order valence-electron chi connectivity index (χ0n) is 19.6. The predicted octanol–water partition coefficient (Wildman–Crippen LogP) is 5.12. The van der Waals surface area contributed by atoms with E-state index >= 15 is 0 Å². The van der Waals surface area contributed by atoms with Gasteiger partial charge in [0.2, 0.25) is 0 Å². The second-order valence-corrected chi connectivity index (χ2v) is 9.04. The van der Waals surface area contributed by atoms with Gasteiger partial charge in [-0.2, -0.15) is 5.10 Å². The van der Waals surface area contributed by atoms with Crippen molar-refractivity contribution in [1.82, 2.24) is 30.0 Å². The number of aromatic nitrogens is 4. The summed E-state index contributed by atoms with van der Waals surface area (Å²) in [5.74, 6) is 0.207. The molecule has 1 amide bonds. The summed E-state index contributed by atoms with van der Waals surface area (Å²) in [6, 6.07) is 10.9. The third-order valence-corrected chi connectivity index (χ3v) is 6.17. The van der Waals surface area contributed by atoms with Crippen LogP contribution in [0.4, 0.5) is 0 Å². The fourth-order valence-corrected chi connectivity index (χ4v) is 4.38. The Bertz CT molecular complexity index is 1370. The molecule has 0 aliphatic rings. The predicted molar refractivity (Wildman–Crippen MR) is 136 cm³/mol. The van der Waals surface area contributed by atoms with E-state index in [0.29, 0.717) is 45.6 Å². The summed E-state index contributed by atoms with van der Waals surface area (Å²) >= 11 is 12.6. The molecule has 2 aromatic heterocycles. The highest BCUT2D eigenvalue weighted by molar-refractivity contribution is 6.31. The molecule has 4 rings (SSSR count). The van der Waals surface area contributed by atoms with E-state index in [1.807, 2.05) is 37.7 Å². The largest absolute Gasteiger partial charge is 0.336 e. The third kappa shape index (κ3) is 4.92. The Hall–Kier alpha value is -3.00. The zero-order chi connectivity index (χ0) is 24.4. The summed E-state index contributed by atoms with van der Waals surface area (Å²) in [6.07, 6.45) is 1.80. The van der Waals surface area contributed by atoms with E-state index in [1.54, 1.807) is 42.4 Å². The number of hydrogen-bond donors (Lipinski definition) is 1. The quantitative estimate of drug-likeness (QED) is 0.384. The Morgan fingerprint density at radius 2 is 1.91 bits per heavy atom. The summed E-state index contributed by atoms with van der Waals surface area (Å²) in [5, 5.41) is 9.20. The van der Waals surface area contributed by atoms with Gasteiger partial charge in [0.05, 0.1) is 11.7 Å². The lowest BCUT2D eigenvalue weighted by atomic mass is 10.1. The van der Waals surface area contributed by atoms with Gasteiger partial charge in [-0.05, 0) is 62.9 Å². The summed E-state index contributed by atoms with van der Waals surface area (Å²) < 4.78 is 1.91. The molecule has 9 heteroatoms. The molecule has 0 bridgehead atoms. The maximum Gasteiger partial charge on any atom is 0.273 e. The first-order chi connectivity index (χ1) is 16.3. The SMILES string of the molecule is CCn1ncc(CN(C)C(=O)c2nc(-c3cc(Cl)cc(CNC)c3)nc3ccc(Cl)cc23)c1C. The van der Waals surface area contributed by atoms with Gasteiger partial charge >= 0.3 is 0 Å². The van der Waals surface area contributed by atoms with E-state index in [0.717, 1.165) is 28.9 Å². The number of nitrogens with zero attached hydrogens (tertiary/aromatic N) is 5. The van der Waals surface area contributed by atoms with Crippen molar-refractivity contribution in [2.45, 2.75) is 33.5 Å². The minimum Gasteiger partial charge on any atom is -0.336 e. The van der Waals surface area contributed by atoms with Gasteiger partial charge in [0.15, 0.2) is 5.82 Å². The molecule has 2 heterocycles. The van der Waals surface area contributed by atoms with Crippen LogP contribution in [0.2, 0.25) is 10.0 Å². The van der Waals surface area contributed by atoms with Gasteiger partial charge in [0, 0.05) is 58.9 Å². The molecule has 34 heavy (non-hydrogen) atoms. The fourth-order valence-electron chi connectivity index (χ4n) is 3.95. The van der Waals surface area contributed by atoms with E-state index in [1.165, 1.54) is 0 Å². The molecular weight excluding hydrogens is 471 g/mol. The average Bonchev–Trinajstić information content (AvgIpc) is 3.16. The number of halogens is 2. The molecule has 0 radical (unpaired) electrons. The summed E-state index contributed by atoms with van der Waals surface area (Å²) in [7, 11) is 3.63.